The minimum atomic E-state index is 0.400. The molecule has 3 aliphatic rings. The zero-order valence-corrected chi connectivity index (χ0v) is 22.6. The third kappa shape index (κ3) is 4.86. The molecule has 194 valence electrons. The van der Waals surface area contributed by atoms with Gasteiger partial charge in [-0.15, -0.1) is 0 Å². The number of hydrogen-bond donors (Lipinski definition) is 0. The lowest BCUT2D eigenvalue weighted by atomic mass is 9.50. The molecule has 0 aromatic heterocycles. The topological polar surface area (TPSA) is 18.5 Å². The SMILES string of the molecule is CC[C@H]1C[C@]2(CC)C[C@H](OCc3ccccc3)C[C@H]2[C@@H]2CCc3cc(OCc4ccccc4)ccc3[C@@H]12. The number of benzene rings is 3. The first kappa shape index (κ1) is 24.7. The van der Waals surface area contributed by atoms with E-state index in [1.54, 1.807) is 5.56 Å². The van der Waals surface area contributed by atoms with Crippen molar-refractivity contribution in [3.63, 3.8) is 0 Å². The molecule has 0 bridgehead atoms. The van der Waals surface area contributed by atoms with Gasteiger partial charge in [0.1, 0.15) is 12.4 Å². The summed E-state index contributed by atoms with van der Waals surface area (Å²) in [4.78, 5) is 0. The van der Waals surface area contributed by atoms with Crippen LogP contribution in [0.3, 0.4) is 0 Å². The largest absolute Gasteiger partial charge is 0.489 e. The molecule has 2 nitrogen and oxygen atoms in total. The molecule has 0 heterocycles. The third-order valence-electron chi connectivity index (χ3n) is 10.1. The van der Waals surface area contributed by atoms with Gasteiger partial charge < -0.3 is 9.47 Å². The van der Waals surface area contributed by atoms with E-state index in [1.807, 2.05) is 0 Å². The Morgan fingerprint density at radius 1 is 0.838 bits per heavy atom. The first-order valence-corrected chi connectivity index (χ1v) is 14.6. The van der Waals surface area contributed by atoms with Gasteiger partial charge in [0.05, 0.1) is 12.7 Å². The molecule has 6 atom stereocenters. The van der Waals surface area contributed by atoms with Gasteiger partial charge in [0.15, 0.2) is 0 Å². The summed E-state index contributed by atoms with van der Waals surface area (Å²) in [6.07, 6.45) is 9.32. The summed E-state index contributed by atoms with van der Waals surface area (Å²) in [5, 5.41) is 0. The van der Waals surface area contributed by atoms with E-state index >= 15 is 0 Å². The van der Waals surface area contributed by atoms with E-state index in [0.29, 0.717) is 24.0 Å². The van der Waals surface area contributed by atoms with Gasteiger partial charge in [0, 0.05) is 0 Å². The molecule has 2 heteroatoms. The normalized spacial score (nSPS) is 30.3. The summed E-state index contributed by atoms with van der Waals surface area (Å²) in [5.74, 6) is 4.04. The highest BCUT2D eigenvalue weighted by Gasteiger charge is 2.57. The molecule has 0 radical (unpaired) electrons. The van der Waals surface area contributed by atoms with Crippen LogP contribution in [0.15, 0.2) is 78.9 Å². The second-order valence-corrected chi connectivity index (χ2v) is 11.9. The maximum atomic E-state index is 6.59. The van der Waals surface area contributed by atoms with Crippen LogP contribution in [0.25, 0.3) is 0 Å². The fraction of sp³-hybridized carbons (Fsp3) is 0.486. The Labute approximate surface area is 223 Å². The molecule has 0 saturated heterocycles. The molecule has 37 heavy (non-hydrogen) atoms. The van der Waals surface area contributed by atoms with Gasteiger partial charge in [-0.1, -0.05) is 93.4 Å². The highest BCUT2D eigenvalue weighted by Crippen LogP contribution is 2.65. The second-order valence-electron chi connectivity index (χ2n) is 11.9. The quantitative estimate of drug-likeness (QED) is 0.312. The summed E-state index contributed by atoms with van der Waals surface area (Å²) in [5.41, 5.74) is 6.13. The van der Waals surface area contributed by atoms with E-state index < -0.39 is 0 Å². The number of ether oxygens (including phenoxy) is 2. The van der Waals surface area contributed by atoms with Gasteiger partial charge in [-0.3, -0.25) is 0 Å². The summed E-state index contributed by atoms with van der Waals surface area (Å²) in [6, 6.07) is 28.2. The lowest BCUT2D eigenvalue weighted by Gasteiger charge is -2.54. The summed E-state index contributed by atoms with van der Waals surface area (Å²) >= 11 is 0. The zero-order chi connectivity index (χ0) is 25.2. The lowest BCUT2D eigenvalue weighted by molar-refractivity contribution is -0.00167. The Morgan fingerprint density at radius 2 is 1.57 bits per heavy atom. The summed E-state index contributed by atoms with van der Waals surface area (Å²) in [6.45, 7) is 6.26. The van der Waals surface area contributed by atoms with Gasteiger partial charge in [0.2, 0.25) is 0 Å². The van der Waals surface area contributed by atoms with Crippen LogP contribution in [-0.4, -0.2) is 6.10 Å². The van der Waals surface area contributed by atoms with Crippen molar-refractivity contribution in [2.45, 2.75) is 84.0 Å². The van der Waals surface area contributed by atoms with Gasteiger partial charge in [0.25, 0.3) is 0 Å². The first-order chi connectivity index (χ1) is 18.2. The van der Waals surface area contributed by atoms with Crippen molar-refractivity contribution in [2.75, 3.05) is 0 Å². The number of fused-ring (bicyclic) bond motifs is 5. The first-order valence-electron chi connectivity index (χ1n) is 14.6. The van der Waals surface area contributed by atoms with E-state index in [0.717, 1.165) is 30.1 Å². The van der Waals surface area contributed by atoms with Crippen LogP contribution in [0.4, 0.5) is 0 Å². The Bertz CT molecular complexity index is 1170. The van der Waals surface area contributed by atoms with Crippen molar-refractivity contribution >= 4 is 0 Å². The van der Waals surface area contributed by atoms with E-state index in [9.17, 15) is 0 Å². The van der Waals surface area contributed by atoms with Crippen molar-refractivity contribution in [3.05, 3.63) is 101 Å². The molecular weight excluding hydrogens is 452 g/mol. The zero-order valence-electron chi connectivity index (χ0n) is 22.6. The van der Waals surface area contributed by atoms with Crippen LogP contribution in [0.2, 0.25) is 0 Å². The Hall–Kier alpha value is -2.58. The third-order valence-corrected chi connectivity index (χ3v) is 10.1. The second kappa shape index (κ2) is 10.7. The van der Waals surface area contributed by atoms with Crippen LogP contribution < -0.4 is 4.74 Å². The number of rotatable bonds is 8. The molecule has 0 unspecified atom stereocenters. The molecule has 0 spiro atoms. The molecule has 2 saturated carbocycles. The maximum absolute atomic E-state index is 6.59. The summed E-state index contributed by atoms with van der Waals surface area (Å²) < 4.78 is 12.8. The fourth-order valence-corrected chi connectivity index (χ4v) is 8.34. The van der Waals surface area contributed by atoms with E-state index in [2.05, 4.69) is 92.7 Å². The smallest absolute Gasteiger partial charge is 0.120 e. The number of hydrogen-bond acceptors (Lipinski definition) is 2. The molecule has 6 rings (SSSR count). The molecular formula is C35H42O2. The van der Waals surface area contributed by atoms with Crippen molar-refractivity contribution < 1.29 is 9.47 Å². The maximum Gasteiger partial charge on any atom is 0.120 e. The van der Waals surface area contributed by atoms with Crippen molar-refractivity contribution in [1.29, 1.82) is 0 Å². The predicted molar refractivity (Wildman–Crippen MR) is 151 cm³/mol. The van der Waals surface area contributed by atoms with Gasteiger partial charge in [-0.05, 0) is 95.6 Å². The van der Waals surface area contributed by atoms with Crippen LogP contribution in [0.5, 0.6) is 5.75 Å². The average molecular weight is 495 g/mol. The van der Waals surface area contributed by atoms with Crippen LogP contribution in [0, 0.1) is 23.2 Å². The lowest BCUT2D eigenvalue weighted by Crippen LogP contribution is -2.45. The highest BCUT2D eigenvalue weighted by molar-refractivity contribution is 5.41. The monoisotopic (exact) mass is 494 g/mol. The van der Waals surface area contributed by atoms with Gasteiger partial charge in [-0.25, -0.2) is 0 Å². The molecule has 0 N–H and O–H groups in total. The Balaban J connectivity index is 1.20. The van der Waals surface area contributed by atoms with Crippen LogP contribution in [0.1, 0.15) is 80.5 Å². The molecule has 3 aromatic carbocycles. The molecule has 0 amide bonds. The van der Waals surface area contributed by atoms with Crippen molar-refractivity contribution in [2.24, 2.45) is 23.2 Å². The predicted octanol–water partition coefficient (Wildman–Crippen LogP) is 8.73. The van der Waals surface area contributed by atoms with Crippen LogP contribution >= 0.6 is 0 Å². The van der Waals surface area contributed by atoms with Crippen molar-refractivity contribution in [1.82, 2.24) is 0 Å². The van der Waals surface area contributed by atoms with Crippen LogP contribution in [-0.2, 0) is 24.4 Å². The van der Waals surface area contributed by atoms with Gasteiger partial charge >= 0.3 is 0 Å². The summed E-state index contributed by atoms with van der Waals surface area (Å²) in [7, 11) is 0. The standard InChI is InChI=1S/C35H42O2/c1-3-27-21-35(4-2)22-30(37-24-26-13-9-6-10-14-26)20-33(35)32-17-15-28-19-29(16-18-31(28)34(27)32)36-23-25-11-7-5-8-12-25/h5-14,16,18-19,27,30,32-34H,3-4,15,17,20-24H2,1-2H3/t27-,30+,32-,33-,34+,35+/m0/s1. The molecule has 2 fully saturated rings. The fourth-order valence-electron chi connectivity index (χ4n) is 8.34. The Kier molecular flexibility index (Phi) is 7.12. The Morgan fingerprint density at radius 3 is 2.27 bits per heavy atom. The minimum absolute atomic E-state index is 0.400. The average Bonchev–Trinajstić information content (AvgIpc) is 3.34. The van der Waals surface area contributed by atoms with E-state index in [-0.39, 0.29) is 0 Å². The van der Waals surface area contributed by atoms with E-state index in [4.69, 9.17) is 9.47 Å². The van der Waals surface area contributed by atoms with Crippen molar-refractivity contribution in [3.8, 4) is 5.75 Å². The molecule has 0 aliphatic heterocycles. The van der Waals surface area contributed by atoms with Gasteiger partial charge in [-0.2, -0.15) is 0 Å². The highest BCUT2D eigenvalue weighted by atomic mass is 16.5. The number of aryl methyl sites for hydroxylation is 1. The minimum Gasteiger partial charge on any atom is -0.489 e. The molecule has 3 aliphatic carbocycles. The molecule has 3 aromatic rings. The van der Waals surface area contributed by atoms with E-state index in [1.165, 1.54) is 61.6 Å².